The molecule has 5 heteroatoms. The summed E-state index contributed by atoms with van der Waals surface area (Å²) in [6, 6.07) is 14.2. The Kier molecular flexibility index (Phi) is 8.79. The van der Waals surface area contributed by atoms with Crippen molar-refractivity contribution < 1.29 is 19.1 Å². The van der Waals surface area contributed by atoms with Crippen molar-refractivity contribution in [2.24, 2.45) is 0 Å². The first-order valence-corrected chi connectivity index (χ1v) is 9.61. The molecule has 2 aromatic rings. The van der Waals surface area contributed by atoms with E-state index >= 15 is 0 Å². The van der Waals surface area contributed by atoms with E-state index in [2.05, 4.69) is 12.2 Å². The number of amides is 1. The van der Waals surface area contributed by atoms with Crippen LogP contribution in [0.1, 0.15) is 49.0 Å². The van der Waals surface area contributed by atoms with Crippen molar-refractivity contribution in [3.05, 3.63) is 65.7 Å². The van der Waals surface area contributed by atoms with Gasteiger partial charge in [0.05, 0.1) is 18.8 Å². The van der Waals surface area contributed by atoms with Crippen LogP contribution in [0.2, 0.25) is 0 Å². The third-order valence-corrected chi connectivity index (χ3v) is 3.99. The van der Waals surface area contributed by atoms with E-state index in [1.54, 1.807) is 30.3 Å². The van der Waals surface area contributed by atoms with Crippen LogP contribution in [0.3, 0.4) is 0 Å². The normalized spacial score (nSPS) is 10.6. The highest BCUT2D eigenvalue weighted by Crippen LogP contribution is 2.14. The Bertz CT molecular complexity index is 779. The minimum Gasteiger partial charge on any atom is -0.494 e. The van der Waals surface area contributed by atoms with Gasteiger partial charge in [0.1, 0.15) is 5.75 Å². The summed E-state index contributed by atoms with van der Waals surface area (Å²) in [4.78, 5) is 24.0. The fraction of sp³-hybridized carbons (Fsp3) is 0.304. The first-order chi connectivity index (χ1) is 13.6. The molecule has 0 unspecified atom stereocenters. The summed E-state index contributed by atoms with van der Waals surface area (Å²) in [5.41, 5.74) is 1.99. The number of ether oxygens (including phenoxy) is 2. The van der Waals surface area contributed by atoms with Gasteiger partial charge < -0.3 is 14.8 Å². The van der Waals surface area contributed by atoms with Gasteiger partial charge in [-0.3, -0.25) is 4.79 Å². The summed E-state index contributed by atoms with van der Waals surface area (Å²) >= 11 is 0. The van der Waals surface area contributed by atoms with Crippen molar-refractivity contribution in [2.75, 3.05) is 18.5 Å². The van der Waals surface area contributed by atoms with Gasteiger partial charge in [-0.05, 0) is 61.4 Å². The Morgan fingerprint density at radius 2 is 1.68 bits per heavy atom. The third-order valence-electron chi connectivity index (χ3n) is 3.99. The molecule has 0 radical (unpaired) electrons. The third kappa shape index (κ3) is 7.27. The van der Waals surface area contributed by atoms with Crippen molar-refractivity contribution in [1.29, 1.82) is 0 Å². The quantitative estimate of drug-likeness (QED) is 0.354. The predicted octanol–water partition coefficient (Wildman–Crippen LogP) is 5.08. The molecular formula is C23H27NO4. The summed E-state index contributed by atoms with van der Waals surface area (Å²) in [7, 11) is 0. The highest BCUT2D eigenvalue weighted by atomic mass is 16.5. The molecule has 0 aliphatic rings. The molecular weight excluding hydrogens is 354 g/mol. The Hall–Kier alpha value is -3.08. The van der Waals surface area contributed by atoms with Crippen molar-refractivity contribution in [1.82, 2.24) is 0 Å². The first kappa shape index (κ1) is 21.2. The number of benzene rings is 2. The molecule has 1 N–H and O–H groups in total. The van der Waals surface area contributed by atoms with E-state index in [9.17, 15) is 9.59 Å². The zero-order valence-electron chi connectivity index (χ0n) is 16.4. The largest absolute Gasteiger partial charge is 0.494 e. The minimum absolute atomic E-state index is 0.247. The van der Waals surface area contributed by atoms with Gasteiger partial charge in [0.2, 0.25) is 5.91 Å². The highest BCUT2D eigenvalue weighted by molar-refractivity contribution is 6.02. The fourth-order valence-corrected chi connectivity index (χ4v) is 2.49. The van der Waals surface area contributed by atoms with Gasteiger partial charge >= 0.3 is 5.97 Å². The van der Waals surface area contributed by atoms with E-state index in [4.69, 9.17) is 9.47 Å². The van der Waals surface area contributed by atoms with Gasteiger partial charge in [0.25, 0.3) is 0 Å². The standard InChI is InChI=1S/C23H27NO4/c1-3-5-6-17-28-23(26)19-10-12-20(13-11-19)24-22(25)16-9-18-7-14-21(15-8-18)27-4-2/h7-16H,3-6,17H2,1-2H3,(H,24,25)/b16-9+. The summed E-state index contributed by atoms with van der Waals surface area (Å²) in [5.74, 6) is 0.209. The SMILES string of the molecule is CCCCCOC(=O)c1ccc(NC(=O)/C=C/c2ccc(OCC)cc2)cc1. The summed E-state index contributed by atoms with van der Waals surface area (Å²) in [5, 5.41) is 2.77. The second kappa shape index (κ2) is 11.6. The topological polar surface area (TPSA) is 64.6 Å². The van der Waals surface area contributed by atoms with Gasteiger partial charge in [0.15, 0.2) is 0 Å². The Balaban J connectivity index is 1.83. The van der Waals surface area contributed by atoms with Crippen LogP contribution in [-0.4, -0.2) is 25.1 Å². The summed E-state index contributed by atoms with van der Waals surface area (Å²) in [6.45, 7) is 5.08. The number of carbonyl (C=O) groups is 2. The monoisotopic (exact) mass is 381 g/mol. The number of rotatable bonds is 10. The molecule has 0 aromatic heterocycles. The average Bonchev–Trinajstić information content (AvgIpc) is 2.71. The molecule has 0 fully saturated rings. The summed E-state index contributed by atoms with van der Waals surface area (Å²) in [6.07, 6.45) is 6.19. The maximum absolute atomic E-state index is 12.1. The molecule has 28 heavy (non-hydrogen) atoms. The second-order valence-electron chi connectivity index (χ2n) is 6.25. The number of unbranched alkanes of at least 4 members (excludes halogenated alkanes) is 2. The lowest BCUT2D eigenvalue weighted by Gasteiger charge is -2.06. The smallest absolute Gasteiger partial charge is 0.338 e. The molecule has 0 bridgehead atoms. The maximum Gasteiger partial charge on any atom is 0.338 e. The number of hydrogen-bond acceptors (Lipinski definition) is 4. The molecule has 0 spiro atoms. The molecule has 0 aliphatic heterocycles. The number of carbonyl (C=O) groups excluding carboxylic acids is 2. The van der Waals surface area contributed by atoms with Crippen molar-refractivity contribution in [3.8, 4) is 5.75 Å². The van der Waals surface area contributed by atoms with E-state index in [1.807, 2.05) is 31.2 Å². The maximum atomic E-state index is 12.1. The van der Waals surface area contributed by atoms with Crippen LogP contribution in [0, 0.1) is 0 Å². The molecule has 0 heterocycles. The Morgan fingerprint density at radius 3 is 2.32 bits per heavy atom. The van der Waals surface area contributed by atoms with Crippen LogP contribution in [0.5, 0.6) is 5.75 Å². The van der Waals surface area contributed by atoms with Crippen LogP contribution in [0.25, 0.3) is 6.08 Å². The van der Waals surface area contributed by atoms with E-state index in [1.165, 1.54) is 6.08 Å². The lowest BCUT2D eigenvalue weighted by molar-refractivity contribution is -0.111. The van der Waals surface area contributed by atoms with Gasteiger partial charge in [-0.1, -0.05) is 31.9 Å². The Labute approximate surface area is 166 Å². The van der Waals surface area contributed by atoms with E-state index in [0.29, 0.717) is 24.5 Å². The Morgan fingerprint density at radius 1 is 0.964 bits per heavy atom. The lowest BCUT2D eigenvalue weighted by Crippen LogP contribution is -2.09. The molecule has 2 rings (SSSR count). The van der Waals surface area contributed by atoms with Crippen molar-refractivity contribution in [2.45, 2.75) is 33.1 Å². The highest BCUT2D eigenvalue weighted by Gasteiger charge is 2.07. The van der Waals surface area contributed by atoms with Crippen molar-refractivity contribution in [3.63, 3.8) is 0 Å². The van der Waals surface area contributed by atoms with E-state index < -0.39 is 0 Å². The fourth-order valence-electron chi connectivity index (χ4n) is 2.49. The molecule has 0 atom stereocenters. The molecule has 148 valence electrons. The van der Waals surface area contributed by atoms with Crippen LogP contribution in [0.15, 0.2) is 54.6 Å². The van der Waals surface area contributed by atoms with Crippen molar-refractivity contribution >= 4 is 23.6 Å². The molecule has 5 nitrogen and oxygen atoms in total. The predicted molar refractivity (Wildman–Crippen MR) is 112 cm³/mol. The van der Waals surface area contributed by atoms with E-state index in [0.717, 1.165) is 30.6 Å². The van der Waals surface area contributed by atoms with Gasteiger partial charge in [-0.2, -0.15) is 0 Å². The average molecular weight is 381 g/mol. The van der Waals surface area contributed by atoms with E-state index in [-0.39, 0.29) is 11.9 Å². The second-order valence-corrected chi connectivity index (χ2v) is 6.25. The van der Waals surface area contributed by atoms with Gasteiger partial charge in [-0.15, -0.1) is 0 Å². The molecule has 2 aromatic carbocycles. The molecule has 1 amide bonds. The lowest BCUT2D eigenvalue weighted by atomic mass is 10.2. The zero-order valence-corrected chi connectivity index (χ0v) is 16.4. The molecule has 0 saturated carbocycles. The summed E-state index contributed by atoms with van der Waals surface area (Å²) < 4.78 is 10.6. The first-order valence-electron chi connectivity index (χ1n) is 9.61. The number of hydrogen-bond donors (Lipinski definition) is 1. The number of nitrogens with one attached hydrogen (secondary N) is 1. The van der Waals surface area contributed by atoms with Crippen LogP contribution < -0.4 is 10.1 Å². The van der Waals surface area contributed by atoms with Crippen LogP contribution in [-0.2, 0) is 9.53 Å². The molecule has 0 saturated heterocycles. The van der Waals surface area contributed by atoms with Gasteiger partial charge in [0, 0.05) is 11.8 Å². The zero-order chi connectivity index (χ0) is 20.2. The molecule has 0 aliphatic carbocycles. The number of esters is 1. The van der Waals surface area contributed by atoms with Crippen LogP contribution >= 0.6 is 0 Å². The van der Waals surface area contributed by atoms with Gasteiger partial charge in [-0.25, -0.2) is 4.79 Å². The minimum atomic E-state index is -0.343. The number of anilines is 1. The van der Waals surface area contributed by atoms with Crippen LogP contribution in [0.4, 0.5) is 5.69 Å².